The number of benzene rings is 1. The summed E-state index contributed by atoms with van der Waals surface area (Å²) in [6.45, 7) is 0. The van der Waals surface area contributed by atoms with Crippen molar-refractivity contribution >= 4 is 5.78 Å². The van der Waals surface area contributed by atoms with Gasteiger partial charge in [0.25, 0.3) is 0 Å². The Morgan fingerprint density at radius 1 is 1.18 bits per heavy atom. The monoisotopic (exact) mass is 228 g/mol. The van der Waals surface area contributed by atoms with Gasteiger partial charge in [0.1, 0.15) is 11.4 Å². The number of aromatic hydroxyl groups is 1. The van der Waals surface area contributed by atoms with Crippen molar-refractivity contribution in [3.8, 4) is 11.4 Å². The van der Waals surface area contributed by atoms with E-state index in [1.807, 2.05) is 0 Å². The summed E-state index contributed by atoms with van der Waals surface area (Å²) in [6.07, 6.45) is 4.18. The van der Waals surface area contributed by atoms with Gasteiger partial charge < -0.3 is 5.11 Å². The van der Waals surface area contributed by atoms with Gasteiger partial charge in [-0.1, -0.05) is 0 Å². The molecule has 0 spiro atoms. The zero-order valence-electron chi connectivity index (χ0n) is 9.26. The number of phenols is 1. The first kappa shape index (κ1) is 10.1. The smallest absolute Gasteiger partial charge is 0.181 e. The highest BCUT2D eigenvalue weighted by molar-refractivity contribution is 5.97. The summed E-state index contributed by atoms with van der Waals surface area (Å²) in [7, 11) is 0. The number of fused-ring (bicyclic) bond motifs is 1. The standard InChI is InChI=1S/C13H12N2O2/c16-11-6-4-10(5-7-11)15-13-9(8-14-15)2-1-3-12(13)17/h4-8,16H,1-3H2. The molecule has 1 aromatic carbocycles. The second-order valence-corrected chi connectivity index (χ2v) is 4.22. The van der Waals surface area contributed by atoms with Crippen molar-refractivity contribution in [3.05, 3.63) is 41.7 Å². The first-order chi connectivity index (χ1) is 8.25. The third-order valence-corrected chi connectivity index (χ3v) is 3.05. The van der Waals surface area contributed by atoms with Gasteiger partial charge in [0.2, 0.25) is 0 Å². The van der Waals surface area contributed by atoms with Crippen LogP contribution in [0, 0.1) is 0 Å². The zero-order valence-corrected chi connectivity index (χ0v) is 9.26. The maximum absolute atomic E-state index is 11.9. The first-order valence-electron chi connectivity index (χ1n) is 5.65. The fourth-order valence-corrected chi connectivity index (χ4v) is 2.21. The van der Waals surface area contributed by atoms with E-state index in [1.54, 1.807) is 35.1 Å². The molecule has 1 aromatic heterocycles. The molecule has 3 rings (SSSR count). The summed E-state index contributed by atoms with van der Waals surface area (Å²) < 4.78 is 1.66. The Bertz CT molecular complexity index is 570. The number of Topliss-reactive ketones (excluding diaryl/α,β-unsaturated/α-hetero) is 1. The van der Waals surface area contributed by atoms with Crippen LogP contribution in [0.25, 0.3) is 5.69 Å². The SMILES string of the molecule is O=C1CCCc2cnn(-c3ccc(O)cc3)c21. The van der Waals surface area contributed by atoms with Gasteiger partial charge in [-0.15, -0.1) is 0 Å². The van der Waals surface area contributed by atoms with Crippen molar-refractivity contribution in [2.75, 3.05) is 0 Å². The van der Waals surface area contributed by atoms with Crippen LogP contribution < -0.4 is 0 Å². The van der Waals surface area contributed by atoms with E-state index in [-0.39, 0.29) is 11.5 Å². The van der Waals surface area contributed by atoms with Crippen LogP contribution in [0.15, 0.2) is 30.5 Å². The molecular weight excluding hydrogens is 216 g/mol. The number of phenolic OH excluding ortho intramolecular Hbond substituents is 1. The summed E-state index contributed by atoms with van der Waals surface area (Å²) in [4.78, 5) is 11.9. The molecule has 0 aliphatic heterocycles. The van der Waals surface area contributed by atoms with Crippen molar-refractivity contribution in [3.63, 3.8) is 0 Å². The van der Waals surface area contributed by atoms with Gasteiger partial charge in [-0.05, 0) is 37.1 Å². The lowest BCUT2D eigenvalue weighted by molar-refractivity contribution is 0.0965. The number of carbonyl (C=O) groups is 1. The van der Waals surface area contributed by atoms with Crippen LogP contribution in [0.3, 0.4) is 0 Å². The van der Waals surface area contributed by atoms with Gasteiger partial charge in [-0.3, -0.25) is 4.79 Å². The van der Waals surface area contributed by atoms with Crippen LogP contribution in [0.4, 0.5) is 0 Å². The minimum Gasteiger partial charge on any atom is -0.508 e. The zero-order chi connectivity index (χ0) is 11.8. The molecule has 0 amide bonds. The van der Waals surface area contributed by atoms with E-state index in [4.69, 9.17) is 0 Å². The van der Waals surface area contributed by atoms with E-state index < -0.39 is 0 Å². The highest BCUT2D eigenvalue weighted by Crippen LogP contribution is 2.24. The van der Waals surface area contributed by atoms with Crippen molar-refractivity contribution in [1.29, 1.82) is 0 Å². The molecule has 0 fully saturated rings. The lowest BCUT2D eigenvalue weighted by Crippen LogP contribution is -2.14. The van der Waals surface area contributed by atoms with E-state index in [0.717, 1.165) is 24.1 Å². The number of nitrogens with zero attached hydrogens (tertiary/aromatic N) is 2. The fourth-order valence-electron chi connectivity index (χ4n) is 2.21. The first-order valence-corrected chi connectivity index (χ1v) is 5.65. The number of carbonyl (C=O) groups excluding carboxylic acids is 1. The molecule has 0 atom stereocenters. The number of hydrogen-bond donors (Lipinski definition) is 1. The fraction of sp³-hybridized carbons (Fsp3) is 0.231. The average Bonchev–Trinajstić information content (AvgIpc) is 2.75. The minimum atomic E-state index is 0.150. The Morgan fingerprint density at radius 3 is 2.71 bits per heavy atom. The summed E-state index contributed by atoms with van der Waals surface area (Å²) in [5.74, 6) is 0.359. The number of rotatable bonds is 1. The van der Waals surface area contributed by atoms with Gasteiger partial charge in [0.15, 0.2) is 5.78 Å². The molecule has 0 bridgehead atoms. The van der Waals surface area contributed by atoms with Crippen LogP contribution in [-0.4, -0.2) is 20.7 Å². The van der Waals surface area contributed by atoms with E-state index in [1.165, 1.54) is 0 Å². The number of aryl methyl sites for hydroxylation is 1. The largest absolute Gasteiger partial charge is 0.508 e. The molecule has 1 aliphatic carbocycles. The summed E-state index contributed by atoms with van der Waals surface area (Å²) in [5, 5.41) is 13.5. The molecule has 0 radical (unpaired) electrons. The van der Waals surface area contributed by atoms with E-state index in [0.29, 0.717) is 12.1 Å². The quantitative estimate of drug-likeness (QED) is 0.813. The topological polar surface area (TPSA) is 55.1 Å². The van der Waals surface area contributed by atoms with Gasteiger partial charge in [0, 0.05) is 12.0 Å². The lowest BCUT2D eigenvalue weighted by Gasteiger charge is -2.12. The molecule has 4 heteroatoms. The predicted octanol–water partition coefficient (Wildman–Crippen LogP) is 2.10. The summed E-state index contributed by atoms with van der Waals surface area (Å²) >= 11 is 0. The lowest BCUT2D eigenvalue weighted by atomic mass is 9.97. The maximum atomic E-state index is 11.9. The Hall–Kier alpha value is -2.10. The van der Waals surface area contributed by atoms with Gasteiger partial charge in [0.05, 0.1) is 11.9 Å². The second-order valence-electron chi connectivity index (χ2n) is 4.22. The van der Waals surface area contributed by atoms with Gasteiger partial charge in [-0.2, -0.15) is 5.10 Å². The maximum Gasteiger partial charge on any atom is 0.181 e. The molecular formula is C13H12N2O2. The summed E-state index contributed by atoms with van der Waals surface area (Å²) in [5.41, 5.74) is 2.52. The van der Waals surface area contributed by atoms with Gasteiger partial charge >= 0.3 is 0 Å². The molecule has 1 heterocycles. The summed E-state index contributed by atoms with van der Waals surface area (Å²) in [6, 6.07) is 6.70. The molecule has 4 nitrogen and oxygen atoms in total. The third kappa shape index (κ3) is 1.62. The van der Waals surface area contributed by atoms with Gasteiger partial charge in [-0.25, -0.2) is 4.68 Å². The van der Waals surface area contributed by atoms with Crippen molar-refractivity contribution in [2.45, 2.75) is 19.3 Å². The molecule has 0 saturated heterocycles. The molecule has 0 saturated carbocycles. The van der Waals surface area contributed by atoms with Crippen LogP contribution >= 0.6 is 0 Å². The minimum absolute atomic E-state index is 0.150. The Morgan fingerprint density at radius 2 is 1.94 bits per heavy atom. The molecule has 0 unspecified atom stereocenters. The Balaban J connectivity index is 2.12. The van der Waals surface area contributed by atoms with Crippen LogP contribution in [0.5, 0.6) is 5.75 Å². The van der Waals surface area contributed by atoms with Crippen molar-refractivity contribution in [2.24, 2.45) is 0 Å². The van der Waals surface area contributed by atoms with Crippen molar-refractivity contribution < 1.29 is 9.90 Å². The average molecular weight is 228 g/mol. The predicted molar refractivity (Wildman–Crippen MR) is 62.5 cm³/mol. The van der Waals surface area contributed by atoms with Crippen LogP contribution in [0.1, 0.15) is 28.9 Å². The van der Waals surface area contributed by atoms with Crippen LogP contribution in [0.2, 0.25) is 0 Å². The number of aromatic nitrogens is 2. The third-order valence-electron chi connectivity index (χ3n) is 3.05. The number of hydrogen-bond acceptors (Lipinski definition) is 3. The van der Waals surface area contributed by atoms with Crippen LogP contribution in [-0.2, 0) is 6.42 Å². The Kier molecular flexibility index (Phi) is 2.21. The molecule has 1 aliphatic rings. The molecule has 1 N–H and O–H groups in total. The highest BCUT2D eigenvalue weighted by Gasteiger charge is 2.22. The molecule has 2 aromatic rings. The molecule has 17 heavy (non-hydrogen) atoms. The highest BCUT2D eigenvalue weighted by atomic mass is 16.3. The van der Waals surface area contributed by atoms with Crippen molar-refractivity contribution in [1.82, 2.24) is 9.78 Å². The Labute approximate surface area is 98.5 Å². The van der Waals surface area contributed by atoms with E-state index in [9.17, 15) is 9.90 Å². The molecule has 86 valence electrons. The second kappa shape index (κ2) is 3.73. The normalized spacial score (nSPS) is 14.7. The van der Waals surface area contributed by atoms with E-state index >= 15 is 0 Å². The van der Waals surface area contributed by atoms with E-state index in [2.05, 4.69) is 5.10 Å². The number of ketones is 1.